The van der Waals surface area contributed by atoms with Gasteiger partial charge in [-0.3, -0.25) is 4.90 Å². The second kappa shape index (κ2) is 9.26. The number of amides is 2. The molecule has 0 spiro atoms. The van der Waals surface area contributed by atoms with Crippen molar-refractivity contribution in [3.63, 3.8) is 0 Å². The average molecular weight is 445 g/mol. The number of nitriles is 1. The van der Waals surface area contributed by atoms with E-state index in [4.69, 9.17) is 22.6 Å². The summed E-state index contributed by atoms with van der Waals surface area (Å²) in [6, 6.07) is 17.6. The smallest absolute Gasteiger partial charge is 0.324 e. The van der Waals surface area contributed by atoms with Crippen LogP contribution in [0, 0.1) is 11.3 Å². The molecule has 0 aromatic heterocycles. The maximum Gasteiger partial charge on any atom is 0.324 e. The first-order valence-electron chi connectivity index (χ1n) is 10.1. The van der Waals surface area contributed by atoms with Crippen molar-refractivity contribution in [1.82, 2.24) is 4.90 Å². The van der Waals surface area contributed by atoms with Crippen LogP contribution in [0.5, 0.6) is 0 Å². The Balaban J connectivity index is 0.00000256. The van der Waals surface area contributed by atoms with Crippen molar-refractivity contribution in [2.24, 2.45) is 5.73 Å². The molecule has 2 amide bonds. The monoisotopic (exact) mass is 444 g/mol. The molecular formula is C23H26Cl2N4O. The third-order valence-electron chi connectivity index (χ3n) is 6.53. The summed E-state index contributed by atoms with van der Waals surface area (Å²) in [5.41, 5.74) is 8.81. The van der Waals surface area contributed by atoms with E-state index in [1.165, 1.54) is 5.56 Å². The van der Waals surface area contributed by atoms with Crippen molar-refractivity contribution in [2.75, 3.05) is 24.5 Å². The number of urea groups is 1. The van der Waals surface area contributed by atoms with Gasteiger partial charge in [0.2, 0.25) is 0 Å². The number of anilines is 1. The predicted molar refractivity (Wildman–Crippen MR) is 122 cm³/mol. The highest BCUT2D eigenvalue weighted by atomic mass is 35.5. The number of hydrogen-bond donors (Lipinski definition) is 1. The third kappa shape index (κ3) is 4.13. The van der Waals surface area contributed by atoms with Crippen molar-refractivity contribution in [1.29, 1.82) is 5.26 Å². The molecule has 0 bridgehead atoms. The number of nitrogens with two attached hydrogens (primary N) is 1. The topological polar surface area (TPSA) is 73.4 Å². The fourth-order valence-electron chi connectivity index (χ4n) is 4.74. The van der Waals surface area contributed by atoms with E-state index >= 15 is 0 Å². The first-order valence-corrected chi connectivity index (χ1v) is 10.5. The van der Waals surface area contributed by atoms with E-state index in [-0.39, 0.29) is 29.9 Å². The number of benzene rings is 2. The molecule has 158 valence electrons. The van der Waals surface area contributed by atoms with Crippen molar-refractivity contribution in [2.45, 2.75) is 37.1 Å². The van der Waals surface area contributed by atoms with Gasteiger partial charge in [-0.05, 0) is 67.6 Å². The lowest BCUT2D eigenvalue weighted by Gasteiger charge is -2.42. The lowest BCUT2D eigenvalue weighted by atomic mass is 9.68. The molecule has 1 aliphatic heterocycles. The number of halogens is 2. The van der Waals surface area contributed by atoms with Gasteiger partial charge in [0.25, 0.3) is 0 Å². The van der Waals surface area contributed by atoms with Crippen LogP contribution in [0.1, 0.15) is 36.8 Å². The Hall–Kier alpha value is -2.26. The van der Waals surface area contributed by atoms with Gasteiger partial charge in [0, 0.05) is 41.8 Å². The zero-order valence-electron chi connectivity index (χ0n) is 16.8. The molecule has 2 N–H and O–H groups in total. The van der Waals surface area contributed by atoms with Crippen molar-refractivity contribution in [3.8, 4) is 6.07 Å². The number of rotatable bonds is 4. The molecule has 1 saturated heterocycles. The number of hydrogen-bond acceptors (Lipinski definition) is 3. The first-order chi connectivity index (χ1) is 14.1. The lowest BCUT2D eigenvalue weighted by molar-refractivity contribution is 0.156. The van der Waals surface area contributed by atoms with E-state index in [0.717, 1.165) is 42.9 Å². The second-order valence-corrected chi connectivity index (χ2v) is 8.45. The molecule has 0 radical (unpaired) electrons. The minimum atomic E-state index is -0.0585. The second-order valence-electron chi connectivity index (χ2n) is 8.01. The molecule has 0 unspecified atom stereocenters. The molecule has 1 saturated carbocycles. The summed E-state index contributed by atoms with van der Waals surface area (Å²) in [5.74, 6) is 0. The summed E-state index contributed by atoms with van der Waals surface area (Å²) in [6.45, 7) is 2.00. The molecule has 2 aliphatic rings. The van der Waals surface area contributed by atoms with E-state index in [9.17, 15) is 4.79 Å². The van der Waals surface area contributed by atoms with E-state index in [1.807, 2.05) is 40.1 Å². The number of carbonyl (C=O) groups is 1. The van der Waals surface area contributed by atoms with Crippen LogP contribution in [0.3, 0.4) is 0 Å². The normalized spacial score (nSPS) is 23.8. The highest BCUT2D eigenvalue weighted by Crippen LogP contribution is 2.41. The molecule has 30 heavy (non-hydrogen) atoms. The highest BCUT2D eigenvalue weighted by Gasteiger charge is 2.41. The third-order valence-corrected chi connectivity index (χ3v) is 6.77. The fourth-order valence-corrected chi connectivity index (χ4v) is 4.93. The fraction of sp³-hybridized carbons (Fsp3) is 0.391. The van der Waals surface area contributed by atoms with Crippen LogP contribution in [0.4, 0.5) is 10.5 Å². The molecule has 2 fully saturated rings. The highest BCUT2D eigenvalue weighted by molar-refractivity contribution is 6.30. The largest absolute Gasteiger partial charge is 0.330 e. The van der Waals surface area contributed by atoms with Gasteiger partial charge in [0.1, 0.15) is 0 Å². The summed E-state index contributed by atoms with van der Waals surface area (Å²) in [7, 11) is 0. The van der Waals surface area contributed by atoms with Crippen LogP contribution >= 0.6 is 24.0 Å². The maximum absolute atomic E-state index is 13.0. The molecule has 1 heterocycles. The summed E-state index contributed by atoms with van der Waals surface area (Å²) < 4.78 is 0. The summed E-state index contributed by atoms with van der Waals surface area (Å²) in [4.78, 5) is 16.9. The number of nitrogens with zero attached hydrogens (tertiary/aromatic N) is 3. The Kier molecular flexibility index (Phi) is 6.92. The van der Waals surface area contributed by atoms with Gasteiger partial charge < -0.3 is 10.6 Å². The Morgan fingerprint density at radius 1 is 1.13 bits per heavy atom. The summed E-state index contributed by atoms with van der Waals surface area (Å²) in [5, 5.41) is 9.70. The number of carbonyl (C=O) groups excluding carboxylic acids is 1. The Bertz CT molecular complexity index is 933. The Morgan fingerprint density at radius 2 is 1.83 bits per heavy atom. The van der Waals surface area contributed by atoms with Gasteiger partial charge in [0.15, 0.2) is 0 Å². The minimum Gasteiger partial charge on any atom is -0.330 e. The Labute approximate surface area is 188 Å². The standard InChI is InChI=1S/C23H25ClN4O.ClH/c24-19-3-1-2-18(14-19)23(16-26)10-8-21(9-11-23)28-13-12-27(22(28)29)20-6-4-17(15-25)5-7-20;/h1-7,14,21H,8-13,16,26H2;1H. The predicted octanol–water partition coefficient (Wildman–Crippen LogP) is 4.71. The molecule has 2 aromatic rings. The van der Waals surface area contributed by atoms with E-state index in [0.29, 0.717) is 18.7 Å². The van der Waals surface area contributed by atoms with Crippen LogP contribution in [-0.4, -0.2) is 36.6 Å². The van der Waals surface area contributed by atoms with Gasteiger partial charge >= 0.3 is 6.03 Å². The van der Waals surface area contributed by atoms with Gasteiger partial charge in [-0.25, -0.2) is 4.79 Å². The van der Waals surface area contributed by atoms with Crippen LogP contribution in [0.25, 0.3) is 0 Å². The molecular weight excluding hydrogens is 419 g/mol. The van der Waals surface area contributed by atoms with E-state index in [1.54, 1.807) is 12.1 Å². The lowest BCUT2D eigenvalue weighted by Crippen LogP contribution is -2.46. The minimum absolute atomic E-state index is 0. The SMILES string of the molecule is Cl.N#Cc1ccc(N2CCN(C3CCC(CN)(c4cccc(Cl)c4)CC3)C2=O)cc1. The maximum atomic E-state index is 13.0. The summed E-state index contributed by atoms with van der Waals surface area (Å²) in [6.07, 6.45) is 3.79. The molecule has 0 atom stereocenters. The molecule has 5 nitrogen and oxygen atoms in total. The zero-order chi connectivity index (χ0) is 20.4. The van der Waals surface area contributed by atoms with Crippen molar-refractivity contribution < 1.29 is 4.79 Å². The average Bonchev–Trinajstić information content (AvgIpc) is 3.15. The Morgan fingerprint density at radius 3 is 2.43 bits per heavy atom. The van der Waals surface area contributed by atoms with Gasteiger partial charge in [-0.1, -0.05) is 23.7 Å². The molecule has 1 aliphatic carbocycles. The molecule has 7 heteroatoms. The van der Waals surface area contributed by atoms with Crippen molar-refractivity contribution >= 4 is 35.7 Å². The first kappa shape index (κ1) is 22.4. The van der Waals surface area contributed by atoms with E-state index in [2.05, 4.69) is 12.1 Å². The van der Waals surface area contributed by atoms with Crippen LogP contribution in [0.15, 0.2) is 48.5 Å². The summed E-state index contributed by atoms with van der Waals surface area (Å²) >= 11 is 6.21. The molecule has 2 aromatic carbocycles. The van der Waals surface area contributed by atoms with Gasteiger partial charge in [-0.2, -0.15) is 5.26 Å². The van der Waals surface area contributed by atoms with Crippen LogP contribution < -0.4 is 10.6 Å². The van der Waals surface area contributed by atoms with Gasteiger partial charge in [-0.15, -0.1) is 12.4 Å². The van der Waals surface area contributed by atoms with Crippen molar-refractivity contribution in [3.05, 3.63) is 64.7 Å². The van der Waals surface area contributed by atoms with E-state index < -0.39 is 0 Å². The quantitative estimate of drug-likeness (QED) is 0.741. The van der Waals surface area contributed by atoms with Crippen LogP contribution in [-0.2, 0) is 5.41 Å². The van der Waals surface area contributed by atoms with Gasteiger partial charge in [0.05, 0.1) is 11.6 Å². The molecule has 4 rings (SSSR count). The van der Waals surface area contributed by atoms with Crippen LogP contribution in [0.2, 0.25) is 5.02 Å². The zero-order valence-corrected chi connectivity index (χ0v) is 18.3.